The molecule has 1 nitrogen and oxygen atoms in total. The summed E-state index contributed by atoms with van der Waals surface area (Å²) in [6.45, 7) is 6.59. The zero-order valence-corrected chi connectivity index (χ0v) is 10.7. The third kappa shape index (κ3) is 3.57. The van der Waals surface area contributed by atoms with Crippen molar-refractivity contribution in [2.75, 3.05) is 6.54 Å². The first-order valence-electron chi connectivity index (χ1n) is 6.44. The standard InChI is InChI=1S/C16H21N/c1-13(2)9-10-17-12-14-7-8-15-5-3-4-6-16(15)11-14/h3-8,11,13,17H,9-10,12H2,1-2H3. The van der Waals surface area contributed by atoms with Crippen LogP contribution in [0.4, 0.5) is 0 Å². The largest absolute Gasteiger partial charge is 0.313 e. The van der Waals surface area contributed by atoms with Crippen molar-refractivity contribution in [2.24, 2.45) is 5.92 Å². The van der Waals surface area contributed by atoms with Crippen molar-refractivity contribution in [1.29, 1.82) is 0 Å². The van der Waals surface area contributed by atoms with Gasteiger partial charge in [-0.05, 0) is 41.3 Å². The molecule has 0 aliphatic carbocycles. The van der Waals surface area contributed by atoms with Gasteiger partial charge in [-0.2, -0.15) is 0 Å². The van der Waals surface area contributed by atoms with Crippen molar-refractivity contribution >= 4 is 10.8 Å². The molecule has 0 radical (unpaired) electrons. The van der Waals surface area contributed by atoms with E-state index in [1.165, 1.54) is 22.8 Å². The van der Waals surface area contributed by atoms with E-state index in [2.05, 4.69) is 61.6 Å². The van der Waals surface area contributed by atoms with Crippen LogP contribution in [0, 0.1) is 5.92 Å². The molecule has 0 saturated heterocycles. The van der Waals surface area contributed by atoms with Gasteiger partial charge in [-0.15, -0.1) is 0 Å². The summed E-state index contributed by atoms with van der Waals surface area (Å²) in [5.74, 6) is 0.777. The fourth-order valence-corrected chi connectivity index (χ4v) is 1.97. The lowest BCUT2D eigenvalue weighted by molar-refractivity contribution is 0.537. The molecule has 1 N–H and O–H groups in total. The lowest BCUT2D eigenvalue weighted by Crippen LogP contribution is -2.16. The molecule has 0 heterocycles. The Kier molecular flexibility index (Phi) is 4.16. The second-order valence-electron chi connectivity index (χ2n) is 5.04. The maximum Gasteiger partial charge on any atom is 0.0205 e. The minimum Gasteiger partial charge on any atom is -0.313 e. The number of hydrogen-bond donors (Lipinski definition) is 1. The highest BCUT2D eigenvalue weighted by atomic mass is 14.8. The molecule has 0 unspecified atom stereocenters. The number of nitrogens with one attached hydrogen (secondary N) is 1. The molecule has 0 amide bonds. The smallest absolute Gasteiger partial charge is 0.0205 e. The van der Waals surface area contributed by atoms with Crippen LogP contribution in [-0.4, -0.2) is 6.54 Å². The van der Waals surface area contributed by atoms with Crippen LogP contribution >= 0.6 is 0 Å². The Labute approximate surface area is 104 Å². The lowest BCUT2D eigenvalue weighted by Gasteiger charge is -2.07. The zero-order chi connectivity index (χ0) is 12.1. The van der Waals surface area contributed by atoms with Crippen molar-refractivity contribution in [1.82, 2.24) is 5.32 Å². The fraction of sp³-hybridized carbons (Fsp3) is 0.375. The van der Waals surface area contributed by atoms with E-state index in [0.29, 0.717) is 0 Å². The Morgan fingerprint density at radius 2 is 1.76 bits per heavy atom. The summed E-state index contributed by atoms with van der Waals surface area (Å²) in [7, 11) is 0. The first-order chi connectivity index (χ1) is 8.25. The number of benzene rings is 2. The molecule has 0 aromatic heterocycles. The fourth-order valence-electron chi connectivity index (χ4n) is 1.97. The van der Waals surface area contributed by atoms with Gasteiger partial charge in [-0.25, -0.2) is 0 Å². The molecule has 0 aliphatic rings. The Morgan fingerprint density at radius 1 is 1.00 bits per heavy atom. The molecule has 0 bridgehead atoms. The van der Waals surface area contributed by atoms with Gasteiger partial charge in [0, 0.05) is 6.54 Å². The van der Waals surface area contributed by atoms with E-state index in [1.807, 2.05) is 0 Å². The Hall–Kier alpha value is -1.34. The third-order valence-electron chi connectivity index (χ3n) is 3.04. The maximum atomic E-state index is 3.50. The van der Waals surface area contributed by atoms with Gasteiger partial charge in [0.1, 0.15) is 0 Å². The molecule has 2 aromatic carbocycles. The van der Waals surface area contributed by atoms with Gasteiger partial charge >= 0.3 is 0 Å². The predicted molar refractivity (Wildman–Crippen MR) is 75.1 cm³/mol. The van der Waals surface area contributed by atoms with Crippen molar-refractivity contribution in [2.45, 2.75) is 26.8 Å². The summed E-state index contributed by atoms with van der Waals surface area (Å²) in [4.78, 5) is 0. The summed E-state index contributed by atoms with van der Waals surface area (Å²) in [6.07, 6.45) is 1.24. The predicted octanol–water partition coefficient (Wildman–Crippen LogP) is 3.98. The summed E-state index contributed by atoms with van der Waals surface area (Å²) in [5.41, 5.74) is 1.37. The molecule has 0 aliphatic heterocycles. The molecule has 2 rings (SSSR count). The Bertz CT molecular complexity index is 474. The number of rotatable bonds is 5. The first kappa shape index (κ1) is 12.1. The molecular formula is C16H21N. The molecular weight excluding hydrogens is 206 g/mol. The van der Waals surface area contributed by atoms with E-state index in [0.717, 1.165) is 19.0 Å². The van der Waals surface area contributed by atoms with E-state index in [-0.39, 0.29) is 0 Å². The van der Waals surface area contributed by atoms with Crippen LogP contribution in [-0.2, 0) is 6.54 Å². The molecule has 1 heteroatoms. The van der Waals surface area contributed by atoms with Gasteiger partial charge in [0.05, 0.1) is 0 Å². The number of fused-ring (bicyclic) bond motifs is 1. The monoisotopic (exact) mass is 227 g/mol. The van der Waals surface area contributed by atoms with Crippen molar-refractivity contribution in [3.05, 3.63) is 48.0 Å². The summed E-state index contributed by atoms with van der Waals surface area (Å²) in [5, 5.41) is 6.15. The van der Waals surface area contributed by atoms with Crippen molar-refractivity contribution < 1.29 is 0 Å². The highest BCUT2D eigenvalue weighted by Gasteiger charge is 1.97. The average molecular weight is 227 g/mol. The molecule has 0 fully saturated rings. The van der Waals surface area contributed by atoms with Crippen LogP contribution in [0.25, 0.3) is 10.8 Å². The second kappa shape index (κ2) is 5.83. The van der Waals surface area contributed by atoms with Crippen LogP contribution in [0.2, 0.25) is 0 Å². The molecule has 0 saturated carbocycles. The minimum atomic E-state index is 0.777. The Morgan fingerprint density at radius 3 is 2.53 bits per heavy atom. The van der Waals surface area contributed by atoms with Gasteiger partial charge in [0.25, 0.3) is 0 Å². The van der Waals surface area contributed by atoms with Crippen LogP contribution in [0.1, 0.15) is 25.8 Å². The normalized spacial score (nSPS) is 11.2. The molecule has 0 atom stereocenters. The highest BCUT2D eigenvalue weighted by Crippen LogP contribution is 2.15. The van der Waals surface area contributed by atoms with E-state index < -0.39 is 0 Å². The van der Waals surface area contributed by atoms with Crippen LogP contribution in [0.3, 0.4) is 0 Å². The first-order valence-corrected chi connectivity index (χ1v) is 6.44. The van der Waals surface area contributed by atoms with Gasteiger partial charge < -0.3 is 5.32 Å². The van der Waals surface area contributed by atoms with E-state index >= 15 is 0 Å². The average Bonchev–Trinajstić information content (AvgIpc) is 2.34. The SMILES string of the molecule is CC(C)CCNCc1ccc2ccccc2c1. The second-order valence-corrected chi connectivity index (χ2v) is 5.04. The van der Waals surface area contributed by atoms with Crippen molar-refractivity contribution in [3.63, 3.8) is 0 Å². The van der Waals surface area contributed by atoms with Crippen molar-refractivity contribution in [3.8, 4) is 0 Å². The summed E-state index contributed by atoms with van der Waals surface area (Å²) >= 11 is 0. The topological polar surface area (TPSA) is 12.0 Å². The third-order valence-corrected chi connectivity index (χ3v) is 3.04. The molecule has 0 spiro atoms. The summed E-state index contributed by atoms with van der Waals surface area (Å²) < 4.78 is 0. The van der Waals surface area contributed by atoms with Gasteiger partial charge in [0.15, 0.2) is 0 Å². The lowest BCUT2D eigenvalue weighted by atomic mass is 10.1. The minimum absolute atomic E-state index is 0.777. The Balaban J connectivity index is 1.95. The number of hydrogen-bond acceptors (Lipinski definition) is 1. The highest BCUT2D eigenvalue weighted by molar-refractivity contribution is 5.82. The van der Waals surface area contributed by atoms with E-state index in [1.54, 1.807) is 0 Å². The zero-order valence-electron chi connectivity index (χ0n) is 10.7. The molecule has 17 heavy (non-hydrogen) atoms. The van der Waals surface area contributed by atoms with Gasteiger partial charge in [-0.3, -0.25) is 0 Å². The summed E-state index contributed by atoms with van der Waals surface area (Å²) in [6, 6.07) is 15.2. The molecule has 90 valence electrons. The quantitative estimate of drug-likeness (QED) is 0.762. The van der Waals surface area contributed by atoms with E-state index in [9.17, 15) is 0 Å². The van der Waals surface area contributed by atoms with Crippen LogP contribution < -0.4 is 5.32 Å². The molecule has 2 aromatic rings. The van der Waals surface area contributed by atoms with Crippen LogP contribution in [0.5, 0.6) is 0 Å². The van der Waals surface area contributed by atoms with Gasteiger partial charge in [-0.1, -0.05) is 50.2 Å². The maximum absolute atomic E-state index is 3.50. The van der Waals surface area contributed by atoms with E-state index in [4.69, 9.17) is 0 Å². The van der Waals surface area contributed by atoms with Crippen LogP contribution in [0.15, 0.2) is 42.5 Å². The van der Waals surface area contributed by atoms with Gasteiger partial charge in [0.2, 0.25) is 0 Å².